The van der Waals surface area contributed by atoms with Gasteiger partial charge in [-0.3, -0.25) is 4.79 Å². The van der Waals surface area contributed by atoms with E-state index in [1.165, 1.54) is 6.07 Å². The summed E-state index contributed by atoms with van der Waals surface area (Å²) in [6, 6.07) is 12.8. The number of phenolic OH excluding ortho intramolecular Hbond substituents is 2. The van der Waals surface area contributed by atoms with Crippen LogP contribution in [0.15, 0.2) is 42.5 Å². The third-order valence-electron chi connectivity index (χ3n) is 3.32. The summed E-state index contributed by atoms with van der Waals surface area (Å²) in [6.07, 6.45) is 0. The van der Waals surface area contributed by atoms with Crippen LogP contribution in [0.3, 0.4) is 0 Å². The second-order valence-electron chi connectivity index (χ2n) is 4.61. The molecule has 0 aliphatic carbocycles. The predicted octanol–water partition coefficient (Wildman–Crippen LogP) is 2.25. The molecule has 1 aliphatic rings. The van der Waals surface area contributed by atoms with Crippen molar-refractivity contribution in [2.75, 3.05) is 0 Å². The Morgan fingerprint density at radius 1 is 1.05 bits per heavy atom. The number of nitrogens with zero attached hydrogens (tertiary/aromatic N) is 1. The fourth-order valence-electron chi connectivity index (χ4n) is 2.36. The molecule has 0 aromatic heterocycles. The normalized spacial score (nSPS) is 13.7. The summed E-state index contributed by atoms with van der Waals surface area (Å²) in [4.78, 5) is 13.9. The Bertz CT molecular complexity index is 637. The minimum Gasteiger partial charge on any atom is -0.504 e. The third-order valence-corrected chi connectivity index (χ3v) is 3.32. The van der Waals surface area contributed by atoms with Gasteiger partial charge in [0.25, 0.3) is 5.91 Å². The molecule has 0 saturated heterocycles. The number of hydrogen-bond donors (Lipinski definition) is 2. The Hall–Kier alpha value is -2.49. The summed E-state index contributed by atoms with van der Waals surface area (Å²) in [5, 5.41) is 19.2. The summed E-state index contributed by atoms with van der Waals surface area (Å²) in [5.41, 5.74) is 2.00. The molecule has 1 aliphatic heterocycles. The Morgan fingerprint density at radius 3 is 2.53 bits per heavy atom. The van der Waals surface area contributed by atoms with Gasteiger partial charge in [-0.2, -0.15) is 0 Å². The number of aromatic hydroxyl groups is 2. The van der Waals surface area contributed by atoms with Gasteiger partial charge < -0.3 is 15.1 Å². The molecule has 0 fully saturated rings. The third kappa shape index (κ3) is 1.91. The van der Waals surface area contributed by atoms with Crippen LogP contribution in [-0.4, -0.2) is 21.0 Å². The lowest BCUT2D eigenvalue weighted by Gasteiger charge is -2.15. The number of carbonyl (C=O) groups is 1. The van der Waals surface area contributed by atoms with Gasteiger partial charge in [-0.05, 0) is 17.2 Å². The van der Waals surface area contributed by atoms with Gasteiger partial charge in [-0.1, -0.05) is 36.4 Å². The lowest BCUT2D eigenvalue weighted by molar-refractivity contribution is 0.0764. The summed E-state index contributed by atoms with van der Waals surface area (Å²) in [7, 11) is 0. The fraction of sp³-hybridized carbons (Fsp3) is 0.133. The predicted molar refractivity (Wildman–Crippen MR) is 69.8 cm³/mol. The molecule has 4 nitrogen and oxygen atoms in total. The van der Waals surface area contributed by atoms with Crippen molar-refractivity contribution in [3.8, 4) is 11.5 Å². The van der Waals surface area contributed by atoms with E-state index in [0.717, 1.165) is 11.1 Å². The van der Waals surface area contributed by atoms with Crippen molar-refractivity contribution in [3.05, 3.63) is 59.2 Å². The maximum atomic E-state index is 12.2. The summed E-state index contributed by atoms with van der Waals surface area (Å²) in [6.45, 7) is 0.950. The average molecular weight is 255 g/mol. The standard InChI is InChI=1S/C15H13NO3/c17-12-7-6-11-9-16(15(19)13(11)14(12)18)8-10-4-2-1-3-5-10/h1-7,17-18H,8-9H2. The molecule has 0 unspecified atom stereocenters. The largest absolute Gasteiger partial charge is 0.504 e. The van der Waals surface area contributed by atoms with Crippen molar-refractivity contribution in [2.45, 2.75) is 13.1 Å². The van der Waals surface area contributed by atoms with Crippen molar-refractivity contribution >= 4 is 5.91 Å². The molecule has 0 bridgehead atoms. The zero-order valence-corrected chi connectivity index (χ0v) is 10.2. The highest BCUT2D eigenvalue weighted by atomic mass is 16.3. The van der Waals surface area contributed by atoms with Crippen LogP contribution in [0.1, 0.15) is 21.5 Å². The molecule has 19 heavy (non-hydrogen) atoms. The summed E-state index contributed by atoms with van der Waals surface area (Å²) >= 11 is 0. The number of hydrogen-bond acceptors (Lipinski definition) is 3. The van der Waals surface area contributed by atoms with E-state index in [-0.39, 0.29) is 23.0 Å². The average Bonchev–Trinajstić information content (AvgIpc) is 2.73. The smallest absolute Gasteiger partial charge is 0.258 e. The van der Waals surface area contributed by atoms with Crippen molar-refractivity contribution in [1.29, 1.82) is 0 Å². The van der Waals surface area contributed by atoms with E-state index >= 15 is 0 Å². The van der Waals surface area contributed by atoms with Crippen LogP contribution in [0.25, 0.3) is 0 Å². The van der Waals surface area contributed by atoms with E-state index in [1.807, 2.05) is 30.3 Å². The first-order chi connectivity index (χ1) is 9.16. The molecule has 4 heteroatoms. The number of fused-ring (bicyclic) bond motifs is 1. The Balaban J connectivity index is 1.90. The molecule has 3 rings (SSSR count). The first-order valence-corrected chi connectivity index (χ1v) is 6.04. The first-order valence-electron chi connectivity index (χ1n) is 6.04. The van der Waals surface area contributed by atoms with Crippen molar-refractivity contribution < 1.29 is 15.0 Å². The lowest BCUT2D eigenvalue weighted by atomic mass is 10.1. The van der Waals surface area contributed by atoms with Gasteiger partial charge in [0.05, 0.1) is 5.56 Å². The van der Waals surface area contributed by atoms with Crippen LogP contribution in [0, 0.1) is 0 Å². The summed E-state index contributed by atoms with van der Waals surface area (Å²) < 4.78 is 0. The van der Waals surface area contributed by atoms with Gasteiger partial charge in [-0.25, -0.2) is 0 Å². The maximum absolute atomic E-state index is 12.2. The van der Waals surface area contributed by atoms with E-state index in [0.29, 0.717) is 13.1 Å². The molecule has 0 spiro atoms. The SMILES string of the molecule is O=C1c2c(ccc(O)c2O)CN1Cc1ccccc1. The van der Waals surface area contributed by atoms with Crippen LogP contribution >= 0.6 is 0 Å². The Kier molecular flexibility index (Phi) is 2.63. The zero-order valence-electron chi connectivity index (χ0n) is 10.2. The van der Waals surface area contributed by atoms with Gasteiger partial charge >= 0.3 is 0 Å². The van der Waals surface area contributed by atoms with Crippen molar-refractivity contribution in [1.82, 2.24) is 4.90 Å². The monoisotopic (exact) mass is 255 g/mol. The van der Waals surface area contributed by atoms with Crippen LogP contribution < -0.4 is 0 Å². The Morgan fingerprint density at radius 2 is 1.79 bits per heavy atom. The highest BCUT2D eigenvalue weighted by molar-refractivity contribution is 6.01. The topological polar surface area (TPSA) is 60.8 Å². The molecule has 96 valence electrons. The second kappa shape index (κ2) is 4.31. The van der Waals surface area contributed by atoms with Crippen LogP contribution in [0.5, 0.6) is 11.5 Å². The highest BCUT2D eigenvalue weighted by Gasteiger charge is 2.31. The lowest BCUT2D eigenvalue weighted by Crippen LogP contribution is -2.23. The molecular weight excluding hydrogens is 242 g/mol. The molecule has 1 amide bonds. The van der Waals surface area contributed by atoms with E-state index in [1.54, 1.807) is 11.0 Å². The minimum absolute atomic E-state index is 0.218. The molecule has 0 atom stereocenters. The van der Waals surface area contributed by atoms with E-state index in [2.05, 4.69) is 0 Å². The number of carbonyl (C=O) groups excluding carboxylic acids is 1. The van der Waals surface area contributed by atoms with Gasteiger partial charge in [0.1, 0.15) is 0 Å². The number of benzene rings is 2. The Labute approximate surface area is 110 Å². The van der Waals surface area contributed by atoms with Crippen molar-refractivity contribution in [2.24, 2.45) is 0 Å². The molecule has 1 heterocycles. The molecule has 0 saturated carbocycles. The molecule has 0 radical (unpaired) electrons. The van der Waals surface area contributed by atoms with Crippen LogP contribution in [0.4, 0.5) is 0 Å². The van der Waals surface area contributed by atoms with Gasteiger partial charge in [-0.15, -0.1) is 0 Å². The summed E-state index contributed by atoms with van der Waals surface area (Å²) in [5.74, 6) is -0.820. The van der Waals surface area contributed by atoms with E-state index in [4.69, 9.17) is 0 Å². The van der Waals surface area contributed by atoms with E-state index < -0.39 is 0 Å². The van der Waals surface area contributed by atoms with Gasteiger partial charge in [0.15, 0.2) is 11.5 Å². The molecule has 2 N–H and O–H groups in total. The van der Waals surface area contributed by atoms with Crippen LogP contribution in [-0.2, 0) is 13.1 Å². The first kappa shape index (κ1) is 11.6. The highest BCUT2D eigenvalue weighted by Crippen LogP contribution is 2.37. The molecule has 2 aromatic rings. The maximum Gasteiger partial charge on any atom is 0.258 e. The fourth-order valence-corrected chi connectivity index (χ4v) is 2.36. The molecule has 2 aromatic carbocycles. The molecular formula is C15H13NO3. The number of phenols is 2. The van der Waals surface area contributed by atoms with Crippen molar-refractivity contribution in [3.63, 3.8) is 0 Å². The number of amides is 1. The van der Waals surface area contributed by atoms with Gasteiger partial charge in [0.2, 0.25) is 0 Å². The quantitative estimate of drug-likeness (QED) is 0.809. The van der Waals surface area contributed by atoms with Crippen LogP contribution in [0.2, 0.25) is 0 Å². The van der Waals surface area contributed by atoms with Gasteiger partial charge in [0, 0.05) is 13.1 Å². The minimum atomic E-state index is -0.321. The van der Waals surface area contributed by atoms with E-state index in [9.17, 15) is 15.0 Å². The number of rotatable bonds is 2. The zero-order chi connectivity index (χ0) is 13.4. The second-order valence-corrected chi connectivity index (χ2v) is 4.61.